The molecule has 11 heavy (non-hydrogen) atoms. The van der Waals surface area contributed by atoms with Crippen molar-refractivity contribution in [2.24, 2.45) is 5.73 Å². The molecule has 1 rings (SSSR count). The van der Waals surface area contributed by atoms with Crippen LogP contribution in [0.15, 0.2) is 11.8 Å². The van der Waals surface area contributed by atoms with Gasteiger partial charge in [0.2, 0.25) is 0 Å². The predicted molar refractivity (Wildman–Crippen MR) is 48.2 cm³/mol. The molecule has 0 bridgehead atoms. The van der Waals surface area contributed by atoms with Gasteiger partial charge in [-0.1, -0.05) is 6.08 Å². The molecule has 3 N–H and O–H groups in total. The first kappa shape index (κ1) is 8.60. The van der Waals surface area contributed by atoms with Crippen molar-refractivity contribution in [1.29, 1.82) is 0 Å². The van der Waals surface area contributed by atoms with Gasteiger partial charge in [0.25, 0.3) is 0 Å². The SMILES string of the molecule is CC(C)NC1=CC[C@@H](N)CC1. The fourth-order valence-corrected chi connectivity index (χ4v) is 1.36. The van der Waals surface area contributed by atoms with E-state index in [2.05, 4.69) is 25.2 Å². The summed E-state index contributed by atoms with van der Waals surface area (Å²) >= 11 is 0. The number of hydrogen-bond donors (Lipinski definition) is 2. The first-order valence-electron chi connectivity index (χ1n) is 4.39. The Kier molecular flexibility index (Phi) is 2.94. The third-order valence-electron chi connectivity index (χ3n) is 1.93. The van der Waals surface area contributed by atoms with Crippen molar-refractivity contribution in [3.8, 4) is 0 Å². The second-order valence-electron chi connectivity index (χ2n) is 3.56. The Labute approximate surface area is 68.9 Å². The van der Waals surface area contributed by atoms with E-state index in [1.165, 1.54) is 5.70 Å². The highest BCUT2D eigenvalue weighted by atomic mass is 14.9. The normalized spacial score (nSPS) is 25.1. The van der Waals surface area contributed by atoms with Crippen LogP contribution in [0.2, 0.25) is 0 Å². The van der Waals surface area contributed by atoms with Crippen LogP contribution in [0.3, 0.4) is 0 Å². The lowest BCUT2D eigenvalue weighted by molar-refractivity contribution is 0.541. The van der Waals surface area contributed by atoms with Crippen LogP contribution < -0.4 is 11.1 Å². The molecule has 0 spiro atoms. The Hall–Kier alpha value is -0.500. The van der Waals surface area contributed by atoms with Crippen LogP contribution >= 0.6 is 0 Å². The summed E-state index contributed by atoms with van der Waals surface area (Å²) < 4.78 is 0. The largest absolute Gasteiger partial charge is 0.386 e. The molecule has 0 saturated carbocycles. The van der Waals surface area contributed by atoms with E-state index >= 15 is 0 Å². The van der Waals surface area contributed by atoms with Crippen LogP contribution in [0.25, 0.3) is 0 Å². The third kappa shape index (κ3) is 2.93. The van der Waals surface area contributed by atoms with Crippen LogP contribution in [-0.2, 0) is 0 Å². The summed E-state index contributed by atoms with van der Waals surface area (Å²) in [5.74, 6) is 0. The van der Waals surface area contributed by atoms with Gasteiger partial charge in [-0.3, -0.25) is 0 Å². The summed E-state index contributed by atoms with van der Waals surface area (Å²) in [6.07, 6.45) is 5.52. The molecule has 0 fully saturated rings. The lowest BCUT2D eigenvalue weighted by Crippen LogP contribution is -2.28. The van der Waals surface area contributed by atoms with Crippen molar-refractivity contribution in [2.75, 3.05) is 0 Å². The summed E-state index contributed by atoms with van der Waals surface area (Å²) in [4.78, 5) is 0. The van der Waals surface area contributed by atoms with Crippen molar-refractivity contribution in [2.45, 2.75) is 45.2 Å². The molecule has 1 aliphatic rings. The molecule has 0 saturated heterocycles. The van der Waals surface area contributed by atoms with E-state index in [4.69, 9.17) is 5.73 Å². The lowest BCUT2D eigenvalue weighted by Gasteiger charge is -2.21. The van der Waals surface area contributed by atoms with Gasteiger partial charge in [-0.05, 0) is 33.1 Å². The summed E-state index contributed by atoms with van der Waals surface area (Å²) in [6.45, 7) is 4.32. The molecular formula is C9H18N2. The zero-order valence-corrected chi connectivity index (χ0v) is 7.43. The first-order valence-corrected chi connectivity index (χ1v) is 4.39. The molecule has 2 nitrogen and oxygen atoms in total. The predicted octanol–water partition coefficient (Wildman–Crippen LogP) is 1.38. The van der Waals surface area contributed by atoms with Crippen molar-refractivity contribution in [1.82, 2.24) is 5.32 Å². The molecule has 0 unspecified atom stereocenters. The monoisotopic (exact) mass is 154 g/mol. The zero-order valence-electron chi connectivity index (χ0n) is 7.43. The Balaban J connectivity index is 2.35. The maximum atomic E-state index is 5.76. The van der Waals surface area contributed by atoms with E-state index in [0.717, 1.165) is 19.3 Å². The van der Waals surface area contributed by atoms with Crippen molar-refractivity contribution >= 4 is 0 Å². The Morgan fingerprint density at radius 1 is 1.64 bits per heavy atom. The van der Waals surface area contributed by atoms with Gasteiger partial charge in [0, 0.05) is 17.8 Å². The number of allylic oxidation sites excluding steroid dienone is 1. The highest BCUT2D eigenvalue weighted by Gasteiger charge is 2.09. The second-order valence-corrected chi connectivity index (χ2v) is 3.56. The molecule has 0 radical (unpaired) electrons. The molecule has 0 aliphatic heterocycles. The summed E-state index contributed by atoms with van der Waals surface area (Å²) in [6, 6.07) is 0.947. The fraction of sp³-hybridized carbons (Fsp3) is 0.778. The minimum Gasteiger partial charge on any atom is -0.386 e. The van der Waals surface area contributed by atoms with E-state index in [1.807, 2.05) is 0 Å². The van der Waals surface area contributed by atoms with E-state index in [9.17, 15) is 0 Å². The van der Waals surface area contributed by atoms with E-state index in [-0.39, 0.29) is 0 Å². The molecule has 0 aromatic rings. The Morgan fingerprint density at radius 2 is 2.36 bits per heavy atom. The summed E-state index contributed by atoms with van der Waals surface area (Å²) in [5.41, 5.74) is 7.13. The minimum absolute atomic E-state index is 0.396. The lowest BCUT2D eigenvalue weighted by atomic mass is 10.00. The van der Waals surface area contributed by atoms with Crippen molar-refractivity contribution in [3.63, 3.8) is 0 Å². The molecule has 0 aromatic heterocycles. The van der Waals surface area contributed by atoms with Gasteiger partial charge in [-0.2, -0.15) is 0 Å². The van der Waals surface area contributed by atoms with Crippen LogP contribution in [0.5, 0.6) is 0 Å². The zero-order chi connectivity index (χ0) is 8.27. The highest BCUT2D eigenvalue weighted by molar-refractivity contribution is 5.05. The van der Waals surface area contributed by atoms with Crippen LogP contribution in [0.1, 0.15) is 33.1 Å². The van der Waals surface area contributed by atoms with E-state index < -0.39 is 0 Å². The Morgan fingerprint density at radius 3 is 2.82 bits per heavy atom. The van der Waals surface area contributed by atoms with Gasteiger partial charge in [0.1, 0.15) is 0 Å². The summed E-state index contributed by atoms with van der Waals surface area (Å²) in [5, 5.41) is 3.41. The second kappa shape index (κ2) is 3.77. The number of nitrogens with one attached hydrogen (secondary N) is 1. The number of nitrogens with two attached hydrogens (primary N) is 1. The molecular weight excluding hydrogens is 136 g/mol. The maximum Gasteiger partial charge on any atom is 0.0201 e. The average Bonchev–Trinajstić information content (AvgIpc) is 1.93. The first-order chi connectivity index (χ1) is 5.18. The van der Waals surface area contributed by atoms with Gasteiger partial charge < -0.3 is 11.1 Å². The van der Waals surface area contributed by atoms with Gasteiger partial charge in [0.05, 0.1) is 0 Å². The van der Waals surface area contributed by atoms with Crippen LogP contribution in [-0.4, -0.2) is 12.1 Å². The van der Waals surface area contributed by atoms with Crippen LogP contribution in [0.4, 0.5) is 0 Å². The van der Waals surface area contributed by atoms with Gasteiger partial charge in [-0.15, -0.1) is 0 Å². The maximum absolute atomic E-state index is 5.76. The molecule has 1 aliphatic carbocycles. The van der Waals surface area contributed by atoms with Gasteiger partial charge in [0.15, 0.2) is 0 Å². The fourth-order valence-electron chi connectivity index (χ4n) is 1.36. The molecule has 0 aromatic carbocycles. The van der Waals surface area contributed by atoms with E-state index in [0.29, 0.717) is 12.1 Å². The minimum atomic E-state index is 0.396. The molecule has 2 heteroatoms. The third-order valence-corrected chi connectivity index (χ3v) is 1.93. The van der Waals surface area contributed by atoms with Gasteiger partial charge in [-0.25, -0.2) is 0 Å². The highest BCUT2D eigenvalue weighted by Crippen LogP contribution is 2.14. The van der Waals surface area contributed by atoms with Crippen LogP contribution in [0, 0.1) is 0 Å². The molecule has 1 atom stereocenters. The molecule has 64 valence electrons. The molecule has 0 amide bonds. The van der Waals surface area contributed by atoms with E-state index in [1.54, 1.807) is 0 Å². The van der Waals surface area contributed by atoms with Gasteiger partial charge >= 0.3 is 0 Å². The summed E-state index contributed by atoms with van der Waals surface area (Å²) in [7, 11) is 0. The van der Waals surface area contributed by atoms with Crippen molar-refractivity contribution < 1.29 is 0 Å². The van der Waals surface area contributed by atoms with Crippen molar-refractivity contribution in [3.05, 3.63) is 11.8 Å². The number of hydrogen-bond acceptors (Lipinski definition) is 2. The molecule has 0 heterocycles. The Bertz CT molecular complexity index is 150. The number of rotatable bonds is 2. The quantitative estimate of drug-likeness (QED) is 0.630. The standard InChI is InChI=1S/C9H18N2/c1-7(2)11-9-5-3-8(10)4-6-9/h5,7-8,11H,3-4,6,10H2,1-2H3/t8-/m1/s1. The topological polar surface area (TPSA) is 38.0 Å². The average molecular weight is 154 g/mol. The smallest absolute Gasteiger partial charge is 0.0201 e.